The van der Waals surface area contributed by atoms with Gasteiger partial charge in [-0.15, -0.1) is 0 Å². The Labute approximate surface area is 146 Å². The van der Waals surface area contributed by atoms with Gasteiger partial charge in [-0.05, 0) is 68.1 Å². The monoisotopic (exact) mass is 348 g/mol. The van der Waals surface area contributed by atoms with Crippen LogP contribution in [0, 0.1) is 5.82 Å². The highest BCUT2D eigenvalue weighted by Gasteiger charge is 2.15. The highest BCUT2D eigenvalue weighted by Crippen LogP contribution is 2.17. The Balaban J connectivity index is 2.01. The third-order valence-corrected chi connectivity index (χ3v) is 3.21. The average molecular weight is 348 g/mol. The van der Waals surface area contributed by atoms with Crippen LogP contribution in [0.1, 0.15) is 37.5 Å². The molecule has 6 heteroatoms. The van der Waals surface area contributed by atoms with E-state index < -0.39 is 24.2 Å². The summed E-state index contributed by atoms with van der Waals surface area (Å²) in [5.41, 5.74) is 7.19. The van der Waals surface area contributed by atoms with Gasteiger partial charge in [0.25, 0.3) is 0 Å². The summed E-state index contributed by atoms with van der Waals surface area (Å²) in [6, 6.07) is 11.5. The number of ether oxygens (including phenoxy) is 1. The summed E-state index contributed by atoms with van der Waals surface area (Å²) < 4.78 is 31.4. The number of benzene rings is 2. The largest absolute Gasteiger partial charge is 0.443 e. The van der Waals surface area contributed by atoms with Crippen LogP contribution in [0.3, 0.4) is 0 Å². The number of halogens is 2. The molecule has 2 aromatic carbocycles. The molecule has 0 atom stereocenters. The Morgan fingerprint density at radius 2 is 1.80 bits per heavy atom. The second-order valence-electron chi connectivity index (χ2n) is 6.73. The van der Waals surface area contributed by atoms with Crippen molar-refractivity contribution in [2.75, 3.05) is 5.43 Å². The fraction of sp³-hybridized carbons (Fsp3) is 0.316. The van der Waals surface area contributed by atoms with Crippen molar-refractivity contribution in [3.05, 3.63) is 65.0 Å². The van der Waals surface area contributed by atoms with Crippen molar-refractivity contribution in [2.45, 2.75) is 39.5 Å². The Kier molecular flexibility index (Phi) is 5.96. The zero-order valence-electron chi connectivity index (χ0n) is 14.5. The van der Waals surface area contributed by atoms with Crippen molar-refractivity contribution in [1.82, 2.24) is 5.43 Å². The third-order valence-electron chi connectivity index (χ3n) is 3.21. The maximum absolute atomic E-state index is 13.5. The van der Waals surface area contributed by atoms with E-state index in [1.165, 1.54) is 12.1 Å². The van der Waals surface area contributed by atoms with Crippen LogP contribution in [-0.2, 0) is 17.8 Å². The topological polar surface area (TPSA) is 50.4 Å². The van der Waals surface area contributed by atoms with Gasteiger partial charge < -0.3 is 4.74 Å². The van der Waals surface area contributed by atoms with Crippen LogP contribution in [0.25, 0.3) is 0 Å². The van der Waals surface area contributed by atoms with Gasteiger partial charge in [-0.3, -0.25) is 5.43 Å². The normalized spacial score (nSPS) is 11.1. The predicted molar refractivity (Wildman–Crippen MR) is 93.5 cm³/mol. The molecule has 2 aromatic rings. The first kappa shape index (κ1) is 18.7. The number of rotatable bonds is 5. The second kappa shape index (κ2) is 7.96. The van der Waals surface area contributed by atoms with Gasteiger partial charge in [0.1, 0.15) is 18.1 Å². The summed E-state index contributed by atoms with van der Waals surface area (Å²) in [5.74, 6) is -0.453. The van der Waals surface area contributed by atoms with Crippen molar-refractivity contribution in [3.8, 4) is 0 Å². The SMILES string of the molecule is CC(C)(C)OC(=O)NNc1cccc(Cc2cc(F)cc(CF)c2)c1. The Morgan fingerprint density at radius 1 is 1.08 bits per heavy atom. The van der Waals surface area contributed by atoms with Gasteiger partial charge in [0.05, 0.1) is 5.69 Å². The Morgan fingerprint density at radius 3 is 2.48 bits per heavy atom. The molecule has 0 aromatic heterocycles. The highest BCUT2D eigenvalue weighted by atomic mass is 19.1. The molecule has 0 bridgehead atoms. The quantitative estimate of drug-likeness (QED) is 0.768. The van der Waals surface area contributed by atoms with Crippen molar-refractivity contribution in [2.24, 2.45) is 0 Å². The van der Waals surface area contributed by atoms with Crippen molar-refractivity contribution < 1.29 is 18.3 Å². The zero-order valence-corrected chi connectivity index (χ0v) is 14.5. The molecule has 2 rings (SSSR count). The number of amides is 1. The van der Waals surface area contributed by atoms with Crippen LogP contribution in [-0.4, -0.2) is 11.7 Å². The zero-order chi connectivity index (χ0) is 18.4. The fourth-order valence-corrected chi connectivity index (χ4v) is 2.32. The van der Waals surface area contributed by atoms with Crippen LogP contribution in [0.2, 0.25) is 0 Å². The molecule has 4 nitrogen and oxygen atoms in total. The van der Waals surface area contributed by atoms with Crippen LogP contribution >= 0.6 is 0 Å². The molecule has 0 spiro atoms. The molecule has 0 saturated carbocycles. The molecule has 25 heavy (non-hydrogen) atoms. The van der Waals surface area contributed by atoms with E-state index in [0.717, 1.165) is 5.56 Å². The predicted octanol–water partition coefficient (Wildman–Crippen LogP) is 4.74. The summed E-state index contributed by atoms with van der Waals surface area (Å²) in [5, 5.41) is 0. The summed E-state index contributed by atoms with van der Waals surface area (Å²) in [6.07, 6.45) is -0.136. The molecule has 0 unspecified atom stereocenters. The minimum Gasteiger partial charge on any atom is -0.443 e. The number of hydrogen-bond donors (Lipinski definition) is 2. The first-order valence-electron chi connectivity index (χ1n) is 7.93. The van der Waals surface area contributed by atoms with Crippen molar-refractivity contribution in [1.29, 1.82) is 0 Å². The molecule has 0 saturated heterocycles. The van der Waals surface area contributed by atoms with E-state index >= 15 is 0 Å². The van der Waals surface area contributed by atoms with E-state index in [9.17, 15) is 13.6 Å². The number of alkyl halides is 1. The van der Waals surface area contributed by atoms with Gasteiger partial charge in [0, 0.05) is 0 Å². The molecule has 0 aliphatic carbocycles. The number of carbonyl (C=O) groups excluding carboxylic acids is 1. The molecular formula is C19H22F2N2O2. The average Bonchev–Trinajstić information content (AvgIpc) is 2.51. The first-order chi connectivity index (χ1) is 11.7. The van der Waals surface area contributed by atoms with Crippen molar-refractivity contribution in [3.63, 3.8) is 0 Å². The molecule has 0 aliphatic heterocycles. The molecule has 2 N–H and O–H groups in total. The smallest absolute Gasteiger partial charge is 0.426 e. The van der Waals surface area contributed by atoms with E-state index in [2.05, 4.69) is 10.9 Å². The van der Waals surface area contributed by atoms with Crippen LogP contribution < -0.4 is 10.9 Å². The first-order valence-corrected chi connectivity index (χ1v) is 7.93. The molecule has 0 fully saturated rings. The van der Waals surface area contributed by atoms with Gasteiger partial charge in [-0.25, -0.2) is 19.0 Å². The Hall–Kier alpha value is -2.63. The number of hydrogen-bond acceptors (Lipinski definition) is 3. The fourth-order valence-electron chi connectivity index (χ4n) is 2.32. The number of nitrogens with one attached hydrogen (secondary N) is 2. The molecule has 0 aliphatic rings. The van der Waals surface area contributed by atoms with Crippen LogP contribution in [0.15, 0.2) is 42.5 Å². The molecule has 134 valence electrons. The van der Waals surface area contributed by atoms with Gasteiger partial charge in [0.2, 0.25) is 0 Å². The highest BCUT2D eigenvalue weighted by molar-refractivity contribution is 5.69. The lowest BCUT2D eigenvalue weighted by atomic mass is 10.0. The third kappa shape index (κ3) is 6.41. The van der Waals surface area contributed by atoms with Gasteiger partial charge in [-0.1, -0.05) is 18.2 Å². The lowest BCUT2D eigenvalue weighted by Gasteiger charge is -2.20. The maximum Gasteiger partial charge on any atom is 0.426 e. The van der Waals surface area contributed by atoms with E-state index in [-0.39, 0.29) is 0 Å². The number of carbonyl (C=O) groups is 1. The summed E-state index contributed by atoms with van der Waals surface area (Å²) in [4.78, 5) is 11.6. The minimum absolute atomic E-state index is 0.316. The van der Waals surface area contributed by atoms with Gasteiger partial charge >= 0.3 is 6.09 Å². The van der Waals surface area contributed by atoms with Crippen LogP contribution in [0.4, 0.5) is 19.3 Å². The molecule has 0 heterocycles. The minimum atomic E-state index is -0.702. The summed E-state index contributed by atoms with van der Waals surface area (Å²) in [7, 11) is 0. The molecular weight excluding hydrogens is 326 g/mol. The standard InChI is InChI=1S/C19H22F2N2O2/c1-19(2,3)25-18(24)23-22-17-6-4-5-13(11-17)7-14-8-15(12-20)10-16(21)9-14/h4-6,8-11,22H,7,12H2,1-3H3,(H,23,24). The van der Waals surface area contributed by atoms with E-state index in [1.54, 1.807) is 32.9 Å². The number of anilines is 1. The van der Waals surface area contributed by atoms with Gasteiger partial charge in [0.15, 0.2) is 0 Å². The molecule has 0 radical (unpaired) electrons. The van der Waals surface area contributed by atoms with E-state index in [0.29, 0.717) is 23.2 Å². The maximum atomic E-state index is 13.5. The van der Waals surface area contributed by atoms with Crippen molar-refractivity contribution >= 4 is 11.8 Å². The summed E-state index contributed by atoms with van der Waals surface area (Å²) in [6.45, 7) is 4.62. The van der Waals surface area contributed by atoms with Crippen LogP contribution in [0.5, 0.6) is 0 Å². The molecule has 1 amide bonds. The van der Waals surface area contributed by atoms with E-state index in [4.69, 9.17) is 4.74 Å². The number of hydrazine groups is 1. The Bertz CT molecular complexity index is 742. The summed E-state index contributed by atoms with van der Waals surface area (Å²) >= 11 is 0. The van der Waals surface area contributed by atoms with E-state index in [1.807, 2.05) is 18.2 Å². The lowest BCUT2D eigenvalue weighted by molar-refractivity contribution is 0.0541. The lowest BCUT2D eigenvalue weighted by Crippen LogP contribution is -2.35. The van der Waals surface area contributed by atoms with Gasteiger partial charge in [-0.2, -0.15) is 0 Å². The second-order valence-corrected chi connectivity index (χ2v) is 6.73.